The second-order valence-corrected chi connectivity index (χ2v) is 11.0. The van der Waals surface area contributed by atoms with Crippen LogP contribution in [0.3, 0.4) is 0 Å². The Kier molecular flexibility index (Phi) is 6.95. The molecule has 7 nitrogen and oxygen atoms in total. The quantitative estimate of drug-likeness (QED) is 0.525. The normalized spacial score (nSPS) is 18.7. The first kappa shape index (κ1) is 23.2. The van der Waals surface area contributed by atoms with Crippen LogP contribution in [-0.4, -0.2) is 46.7 Å². The van der Waals surface area contributed by atoms with Gasteiger partial charge in [0.05, 0.1) is 22.8 Å². The summed E-state index contributed by atoms with van der Waals surface area (Å²) in [5, 5.41) is 8.16. The van der Waals surface area contributed by atoms with Crippen LogP contribution in [-0.2, 0) is 16.6 Å². The fourth-order valence-electron chi connectivity index (χ4n) is 4.16. The summed E-state index contributed by atoms with van der Waals surface area (Å²) in [6, 6.07) is 17.8. The summed E-state index contributed by atoms with van der Waals surface area (Å²) in [7, 11) is -3.37. The number of hydrogen-bond acceptors (Lipinski definition) is 5. The number of nitrogens with zero attached hydrogens (tertiary/aromatic N) is 4. The number of para-hydroxylation sites is 1. The molecule has 2 heterocycles. The van der Waals surface area contributed by atoms with Crippen LogP contribution in [0, 0.1) is 0 Å². The van der Waals surface area contributed by atoms with E-state index in [-0.39, 0.29) is 5.92 Å². The lowest BCUT2D eigenvalue weighted by Crippen LogP contribution is -2.34. The molecule has 0 unspecified atom stereocenters. The van der Waals surface area contributed by atoms with E-state index in [2.05, 4.69) is 39.0 Å². The molecule has 1 aromatic heterocycles. The molecule has 1 saturated heterocycles. The van der Waals surface area contributed by atoms with Crippen molar-refractivity contribution in [2.45, 2.75) is 44.9 Å². The summed E-state index contributed by atoms with van der Waals surface area (Å²) in [5.41, 5.74) is 5.04. The molecule has 0 saturated carbocycles. The van der Waals surface area contributed by atoms with Gasteiger partial charge in [-0.15, -0.1) is 5.10 Å². The monoisotopic (exact) mass is 465 g/mol. The van der Waals surface area contributed by atoms with Gasteiger partial charge in [-0.1, -0.05) is 47.2 Å². The van der Waals surface area contributed by atoms with E-state index < -0.39 is 15.3 Å². The van der Waals surface area contributed by atoms with E-state index >= 15 is 0 Å². The van der Waals surface area contributed by atoms with Gasteiger partial charge in [0.15, 0.2) is 0 Å². The van der Waals surface area contributed by atoms with Crippen LogP contribution in [0.25, 0.3) is 5.69 Å². The van der Waals surface area contributed by atoms with Gasteiger partial charge >= 0.3 is 0 Å². The van der Waals surface area contributed by atoms with E-state index in [1.165, 1.54) is 5.57 Å². The number of hydrogen-bond donors (Lipinski definition) is 1. The molecule has 1 aliphatic rings. The summed E-state index contributed by atoms with van der Waals surface area (Å²) < 4.78 is 29.1. The van der Waals surface area contributed by atoms with Gasteiger partial charge < -0.3 is 0 Å². The molecule has 0 spiro atoms. The van der Waals surface area contributed by atoms with Crippen LogP contribution < -0.4 is 4.72 Å². The maximum Gasteiger partial charge on any atom is 0.235 e. The molecule has 1 N–H and O–H groups in total. The number of nitrogens with one attached hydrogen (secondary N) is 1. The zero-order chi connectivity index (χ0) is 23.4. The summed E-state index contributed by atoms with van der Waals surface area (Å²) in [5.74, 6) is 0.273. The number of likely N-dealkylation sites (tertiary alicyclic amines) is 1. The smallest absolute Gasteiger partial charge is 0.235 e. The molecule has 0 amide bonds. The van der Waals surface area contributed by atoms with Crippen molar-refractivity contribution in [1.29, 1.82) is 0 Å². The number of allylic oxidation sites excluding steroid dienone is 1. The third kappa shape index (κ3) is 5.51. The highest BCUT2D eigenvalue weighted by Gasteiger charge is 2.26. The zero-order valence-electron chi connectivity index (χ0n) is 19.3. The summed E-state index contributed by atoms with van der Waals surface area (Å²) >= 11 is 0. The molecule has 33 heavy (non-hydrogen) atoms. The number of rotatable bonds is 7. The van der Waals surface area contributed by atoms with Crippen LogP contribution in [0.15, 0.2) is 72.4 Å². The largest absolute Gasteiger partial charge is 0.293 e. The second-order valence-electron chi connectivity index (χ2n) is 8.73. The van der Waals surface area contributed by atoms with E-state index in [1.807, 2.05) is 59.4 Å². The maximum absolute atomic E-state index is 12.3. The Labute approximate surface area is 196 Å². The number of aromatic nitrogens is 3. The summed E-state index contributed by atoms with van der Waals surface area (Å²) in [6.07, 6.45) is 5.14. The van der Waals surface area contributed by atoms with Gasteiger partial charge in [0.2, 0.25) is 10.0 Å². The minimum Gasteiger partial charge on any atom is -0.293 e. The Balaban J connectivity index is 1.44. The molecule has 0 bridgehead atoms. The summed E-state index contributed by atoms with van der Waals surface area (Å²) in [4.78, 5) is 2.39. The Morgan fingerprint density at radius 3 is 2.67 bits per heavy atom. The van der Waals surface area contributed by atoms with Crippen LogP contribution in [0.2, 0.25) is 0 Å². The molecule has 2 aromatic carbocycles. The second kappa shape index (κ2) is 9.89. The molecule has 1 fully saturated rings. The van der Waals surface area contributed by atoms with Gasteiger partial charge in [0.25, 0.3) is 0 Å². The van der Waals surface area contributed by atoms with Crippen molar-refractivity contribution in [1.82, 2.24) is 19.9 Å². The molecule has 0 radical (unpaired) electrons. The van der Waals surface area contributed by atoms with Gasteiger partial charge in [0, 0.05) is 24.7 Å². The average molecular weight is 466 g/mol. The lowest BCUT2D eigenvalue weighted by molar-refractivity contribution is 0.243. The molecular formula is C25H31N5O2S. The standard InChI is InChI=1S/C25H31N5O2S/c1-4-20-16-29(17-23-18-30(28-26-23)24-11-6-5-7-12-24)14-13-25(20)21-9-8-10-22(15-21)27-33(31,32)19(2)3/h4-12,15,18-19,25,27H,13-14,16-17H2,1-3H3/b20-4+/t25-/m1/s1. The van der Waals surface area contributed by atoms with Crippen LogP contribution in [0.1, 0.15) is 44.4 Å². The highest BCUT2D eigenvalue weighted by molar-refractivity contribution is 7.93. The Hall–Kier alpha value is -2.97. The SMILES string of the molecule is C/C=C1\CN(Cc2cn(-c3ccccc3)nn2)CC[C@H]1c1cccc(NS(=O)(=O)C(C)C)c1. The van der Waals surface area contributed by atoms with E-state index in [0.717, 1.165) is 43.0 Å². The molecule has 3 aromatic rings. The molecule has 8 heteroatoms. The van der Waals surface area contributed by atoms with E-state index in [0.29, 0.717) is 5.69 Å². The Bertz CT molecular complexity index is 1220. The fourth-order valence-corrected chi connectivity index (χ4v) is 4.85. The lowest BCUT2D eigenvalue weighted by atomic mass is 9.84. The van der Waals surface area contributed by atoms with Gasteiger partial charge in [-0.25, -0.2) is 13.1 Å². The molecular weight excluding hydrogens is 434 g/mol. The minimum absolute atomic E-state index is 0.273. The maximum atomic E-state index is 12.3. The minimum atomic E-state index is -3.37. The average Bonchev–Trinajstić information content (AvgIpc) is 3.28. The van der Waals surface area contributed by atoms with Gasteiger partial charge in [0.1, 0.15) is 0 Å². The van der Waals surface area contributed by atoms with Crippen LogP contribution >= 0.6 is 0 Å². The zero-order valence-corrected chi connectivity index (χ0v) is 20.2. The first-order valence-electron chi connectivity index (χ1n) is 11.3. The van der Waals surface area contributed by atoms with Gasteiger partial charge in [-0.3, -0.25) is 9.62 Å². The third-order valence-electron chi connectivity index (χ3n) is 6.08. The molecule has 1 atom stereocenters. The Morgan fingerprint density at radius 1 is 1.15 bits per heavy atom. The number of anilines is 1. The van der Waals surface area contributed by atoms with Crippen molar-refractivity contribution in [3.05, 3.63) is 83.7 Å². The van der Waals surface area contributed by atoms with E-state index in [1.54, 1.807) is 13.8 Å². The predicted octanol–water partition coefficient (Wildman–Crippen LogP) is 4.35. The highest BCUT2D eigenvalue weighted by Crippen LogP contribution is 2.34. The molecule has 1 aliphatic heterocycles. The van der Waals surface area contributed by atoms with Crippen molar-refractivity contribution in [2.24, 2.45) is 0 Å². The van der Waals surface area contributed by atoms with Crippen LogP contribution in [0.4, 0.5) is 5.69 Å². The predicted molar refractivity (Wildman–Crippen MR) is 132 cm³/mol. The van der Waals surface area contributed by atoms with Crippen molar-refractivity contribution < 1.29 is 8.42 Å². The van der Waals surface area contributed by atoms with Gasteiger partial charge in [-0.05, 0) is 63.6 Å². The van der Waals surface area contributed by atoms with Crippen molar-refractivity contribution in [3.63, 3.8) is 0 Å². The van der Waals surface area contributed by atoms with Crippen molar-refractivity contribution >= 4 is 15.7 Å². The van der Waals surface area contributed by atoms with Gasteiger partial charge in [-0.2, -0.15) is 0 Å². The third-order valence-corrected chi connectivity index (χ3v) is 7.84. The number of benzene rings is 2. The molecule has 0 aliphatic carbocycles. The first-order chi connectivity index (χ1) is 15.9. The first-order valence-corrected chi connectivity index (χ1v) is 12.9. The van der Waals surface area contributed by atoms with E-state index in [4.69, 9.17) is 0 Å². The summed E-state index contributed by atoms with van der Waals surface area (Å²) in [6.45, 7) is 7.95. The van der Waals surface area contributed by atoms with E-state index in [9.17, 15) is 8.42 Å². The molecule has 4 rings (SSSR count). The fraction of sp³-hybridized carbons (Fsp3) is 0.360. The van der Waals surface area contributed by atoms with Crippen molar-refractivity contribution in [2.75, 3.05) is 17.8 Å². The molecule has 174 valence electrons. The van der Waals surface area contributed by atoms with Crippen molar-refractivity contribution in [3.8, 4) is 5.69 Å². The number of sulfonamides is 1. The topological polar surface area (TPSA) is 80.1 Å². The van der Waals surface area contributed by atoms with Crippen LogP contribution in [0.5, 0.6) is 0 Å². The highest BCUT2D eigenvalue weighted by atomic mass is 32.2. The Morgan fingerprint density at radius 2 is 1.94 bits per heavy atom. The number of piperidine rings is 1. The lowest BCUT2D eigenvalue weighted by Gasteiger charge is -2.34.